The number of rotatable bonds is 20. The zero-order valence-electron chi connectivity index (χ0n) is 38.8. The molecule has 6 aromatic carbocycles. The minimum absolute atomic E-state index is 0.286. The molecule has 70 heavy (non-hydrogen) atoms. The number of hydrogen-bond acceptors (Lipinski definition) is 13. The standard InChI is InChI=1S/C51H57N9O10/c1-58(40-16-4-34(5-17-40)46(67)56-50(28-61,29-62)30-63)42-20-8-36(9-21-42)52-48(69)54-38-12-24-44(25-13-38)60(3)45-26-14-39(15-27-45)55-49(70)53-37-10-22-43(23-11-37)59(2)41-18-6-35(7-19-41)47(68)57-51(31-64,32-65)33-66/h4-27,61-66H,28-33H2,1-3H3,(H,56,67)(H,57,68)(H2,52,54,69)(H2,53,55,70). The maximum Gasteiger partial charge on any atom is 0.323 e. The van der Waals surface area contributed by atoms with Gasteiger partial charge in [-0.15, -0.1) is 0 Å². The fourth-order valence-electron chi connectivity index (χ4n) is 6.94. The van der Waals surface area contributed by atoms with Gasteiger partial charge in [0.1, 0.15) is 11.1 Å². The normalized spacial score (nSPS) is 11.2. The SMILES string of the molecule is CN(c1ccc(NC(=O)Nc2ccc(N(C)c3ccc(C(=O)NC(CO)(CO)CO)cc3)cc2)cc1)c1ccc(NC(=O)Nc2ccc(N(C)c3ccc(C(=O)NC(CO)(CO)CO)cc3)cc2)cc1. The number of carbonyl (C=O) groups excluding carboxylic acids is 4. The summed E-state index contributed by atoms with van der Waals surface area (Å²) in [6.07, 6.45) is 0. The van der Waals surface area contributed by atoms with E-state index in [2.05, 4.69) is 31.9 Å². The Morgan fingerprint density at radius 2 is 0.529 bits per heavy atom. The van der Waals surface area contributed by atoms with Gasteiger partial charge in [0.05, 0.1) is 39.6 Å². The second-order valence-electron chi connectivity index (χ2n) is 16.5. The number of nitrogens with one attached hydrogen (secondary N) is 6. The lowest BCUT2D eigenvalue weighted by atomic mass is 10.0. The van der Waals surface area contributed by atoms with Gasteiger partial charge < -0.3 is 77.2 Å². The van der Waals surface area contributed by atoms with Crippen LogP contribution in [-0.4, -0.2) is 126 Å². The Morgan fingerprint density at radius 1 is 0.343 bits per heavy atom. The summed E-state index contributed by atoms with van der Waals surface area (Å²) in [6.45, 7) is -3.75. The third-order valence-electron chi connectivity index (χ3n) is 11.7. The fourth-order valence-corrected chi connectivity index (χ4v) is 6.94. The van der Waals surface area contributed by atoms with Crippen LogP contribution in [0.15, 0.2) is 146 Å². The number of urea groups is 2. The Balaban J connectivity index is 0.941. The topological polar surface area (TPSA) is 272 Å². The average Bonchev–Trinajstić information content (AvgIpc) is 3.39. The van der Waals surface area contributed by atoms with E-state index in [9.17, 15) is 49.8 Å². The molecular weight excluding hydrogens is 899 g/mol. The van der Waals surface area contributed by atoms with E-state index < -0.39 is 74.6 Å². The van der Waals surface area contributed by atoms with Crippen LogP contribution in [0.4, 0.5) is 66.5 Å². The molecule has 0 saturated carbocycles. The quantitative estimate of drug-likeness (QED) is 0.0472. The maximum absolute atomic E-state index is 12.9. The molecule has 0 atom stereocenters. The lowest BCUT2D eigenvalue weighted by Gasteiger charge is -2.28. The first kappa shape index (κ1) is 51.4. The maximum atomic E-state index is 12.9. The molecule has 0 aliphatic rings. The van der Waals surface area contributed by atoms with Gasteiger partial charge in [0.25, 0.3) is 11.8 Å². The summed E-state index contributed by atoms with van der Waals surface area (Å²) < 4.78 is 0. The van der Waals surface area contributed by atoms with Crippen LogP contribution in [0.2, 0.25) is 0 Å². The molecular formula is C51H57N9O10. The predicted octanol–water partition coefficient (Wildman–Crippen LogP) is 5.17. The molecule has 6 amide bonds. The molecule has 0 aliphatic carbocycles. The second-order valence-corrected chi connectivity index (χ2v) is 16.5. The highest BCUT2D eigenvalue weighted by Crippen LogP contribution is 2.29. The summed E-state index contributed by atoms with van der Waals surface area (Å²) in [5, 5.41) is 73.4. The molecule has 0 saturated heterocycles. The van der Waals surface area contributed by atoms with E-state index >= 15 is 0 Å². The van der Waals surface area contributed by atoms with Crippen molar-refractivity contribution in [2.75, 3.05) is 96.8 Å². The highest BCUT2D eigenvalue weighted by molar-refractivity contribution is 6.01. The number of aliphatic hydroxyl groups excluding tert-OH is 6. The molecule has 0 spiro atoms. The molecule has 19 nitrogen and oxygen atoms in total. The summed E-state index contributed by atoms with van der Waals surface area (Å²) in [6, 6.07) is 41.5. The molecule has 12 N–H and O–H groups in total. The van der Waals surface area contributed by atoms with Crippen molar-refractivity contribution in [1.29, 1.82) is 0 Å². The molecule has 19 heteroatoms. The summed E-state index contributed by atoms with van der Waals surface area (Å²) in [5.41, 5.74) is 4.69. The van der Waals surface area contributed by atoms with Crippen LogP contribution in [0.25, 0.3) is 0 Å². The first-order chi connectivity index (χ1) is 33.7. The summed E-state index contributed by atoms with van der Waals surface area (Å²) in [5.74, 6) is -1.10. The van der Waals surface area contributed by atoms with Crippen molar-refractivity contribution in [3.05, 3.63) is 157 Å². The van der Waals surface area contributed by atoms with Crippen molar-refractivity contribution >= 4 is 80.8 Å². The molecule has 0 bridgehead atoms. The number of benzene rings is 6. The fraction of sp³-hybridized carbons (Fsp3) is 0.216. The zero-order chi connectivity index (χ0) is 50.4. The highest BCUT2D eigenvalue weighted by atomic mass is 16.3. The molecule has 0 aliphatic heterocycles. The number of aliphatic hydroxyl groups is 6. The van der Waals surface area contributed by atoms with Gasteiger partial charge in [-0.3, -0.25) is 9.59 Å². The van der Waals surface area contributed by atoms with Crippen LogP contribution >= 0.6 is 0 Å². The van der Waals surface area contributed by atoms with Crippen LogP contribution < -0.4 is 46.6 Å². The third-order valence-corrected chi connectivity index (χ3v) is 11.7. The largest absolute Gasteiger partial charge is 0.394 e. The first-order valence-corrected chi connectivity index (χ1v) is 21.9. The van der Waals surface area contributed by atoms with Crippen molar-refractivity contribution in [3.8, 4) is 0 Å². The van der Waals surface area contributed by atoms with Crippen molar-refractivity contribution in [2.24, 2.45) is 0 Å². The van der Waals surface area contributed by atoms with Crippen molar-refractivity contribution < 1.29 is 49.8 Å². The number of anilines is 10. The lowest BCUT2D eigenvalue weighted by molar-refractivity contribution is 0.0375. The van der Waals surface area contributed by atoms with E-state index in [0.717, 1.165) is 34.1 Å². The van der Waals surface area contributed by atoms with E-state index in [1.54, 1.807) is 97.1 Å². The highest BCUT2D eigenvalue weighted by Gasteiger charge is 2.31. The van der Waals surface area contributed by atoms with Gasteiger partial charge in [-0.2, -0.15) is 0 Å². The zero-order valence-corrected chi connectivity index (χ0v) is 38.8. The van der Waals surface area contributed by atoms with Crippen LogP contribution in [0, 0.1) is 0 Å². The minimum atomic E-state index is -1.53. The summed E-state index contributed by atoms with van der Waals surface area (Å²) in [7, 11) is 5.60. The van der Waals surface area contributed by atoms with E-state index in [0.29, 0.717) is 22.7 Å². The molecule has 6 rings (SSSR count). The Morgan fingerprint density at radius 3 is 0.714 bits per heavy atom. The van der Waals surface area contributed by atoms with Gasteiger partial charge in [-0.25, -0.2) is 9.59 Å². The molecule has 0 radical (unpaired) electrons. The average molecular weight is 956 g/mol. The van der Waals surface area contributed by atoms with Gasteiger partial charge in [0, 0.05) is 89.1 Å². The molecule has 366 valence electrons. The number of nitrogens with zero attached hydrogens (tertiary/aromatic N) is 3. The summed E-state index contributed by atoms with van der Waals surface area (Å²) >= 11 is 0. The van der Waals surface area contributed by atoms with Gasteiger partial charge in [-0.1, -0.05) is 0 Å². The van der Waals surface area contributed by atoms with Crippen molar-refractivity contribution in [2.45, 2.75) is 11.1 Å². The molecule has 0 unspecified atom stereocenters. The number of amides is 6. The van der Waals surface area contributed by atoms with E-state index in [-0.39, 0.29) is 11.1 Å². The summed E-state index contributed by atoms with van der Waals surface area (Å²) in [4.78, 5) is 56.8. The molecule has 6 aromatic rings. The molecule has 0 aromatic heterocycles. The monoisotopic (exact) mass is 955 g/mol. The van der Waals surface area contributed by atoms with Crippen LogP contribution in [-0.2, 0) is 0 Å². The van der Waals surface area contributed by atoms with Gasteiger partial charge in [0.2, 0.25) is 0 Å². The van der Waals surface area contributed by atoms with E-state index in [1.807, 2.05) is 84.4 Å². The Hall–Kier alpha value is -8.04. The van der Waals surface area contributed by atoms with E-state index in [4.69, 9.17) is 0 Å². The first-order valence-electron chi connectivity index (χ1n) is 21.9. The Labute approximate surface area is 404 Å². The minimum Gasteiger partial charge on any atom is -0.394 e. The van der Waals surface area contributed by atoms with E-state index in [1.165, 1.54) is 0 Å². The smallest absolute Gasteiger partial charge is 0.323 e. The molecule has 0 heterocycles. The molecule has 0 fully saturated rings. The van der Waals surface area contributed by atoms with Gasteiger partial charge in [0.15, 0.2) is 0 Å². The third kappa shape index (κ3) is 12.7. The Bertz CT molecular complexity index is 2480. The van der Waals surface area contributed by atoms with Gasteiger partial charge in [-0.05, 0) is 146 Å². The van der Waals surface area contributed by atoms with Gasteiger partial charge >= 0.3 is 12.1 Å². The second kappa shape index (κ2) is 23.3. The van der Waals surface area contributed by atoms with Crippen molar-refractivity contribution in [3.63, 3.8) is 0 Å². The Kier molecular flexibility index (Phi) is 17.1. The van der Waals surface area contributed by atoms with Crippen LogP contribution in [0.1, 0.15) is 20.7 Å². The number of hydrogen-bond donors (Lipinski definition) is 12. The predicted molar refractivity (Wildman–Crippen MR) is 271 cm³/mol. The van der Waals surface area contributed by atoms with Crippen molar-refractivity contribution in [1.82, 2.24) is 10.6 Å². The number of carbonyl (C=O) groups is 4. The lowest BCUT2D eigenvalue weighted by Crippen LogP contribution is -2.57. The van der Waals surface area contributed by atoms with Crippen LogP contribution in [0.5, 0.6) is 0 Å². The van der Waals surface area contributed by atoms with Crippen LogP contribution in [0.3, 0.4) is 0 Å².